The van der Waals surface area contributed by atoms with Crippen LogP contribution in [0.25, 0.3) is 0 Å². The molecule has 1 rings (SSSR count). The van der Waals surface area contributed by atoms with Crippen LogP contribution in [0.4, 0.5) is 0 Å². The molecule has 0 atom stereocenters. The lowest BCUT2D eigenvalue weighted by atomic mass is 10.2. The summed E-state index contributed by atoms with van der Waals surface area (Å²) in [6.07, 6.45) is 0.0727. The Bertz CT molecular complexity index is 680. The number of hydrogen-bond acceptors (Lipinski definition) is 6. The van der Waals surface area contributed by atoms with Crippen molar-refractivity contribution in [3.63, 3.8) is 0 Å². The zero-order valence-electron chi connectivity index (χ0n) is 13.2. The summed E-state index contributed by atoms with van der Waals surface area (Å²) in [5.41, 5.74) is 1.26. The minimum Gasteiger partial charge on any atom is -0.312 e. The molecule has 0 aliphatic heterocycles. The van der Waals surface area contributed by atoms with Crippen LogP contribution in [0, 0.1) is 0 Å². The predicted octanol–water partition coefficient (Wildman–Crippen LogP) is 6.58. The maximum absolute atomic E-state index is 12.8. The number of hydrogen-bond donors (Lipinski definition) is 0. The lowest BCUT2D eigenvalue weighted by molar-refractivity contribution is 0.271. The van der Waals surface area contributed by atoms with Gasteiger partial charge in [-0.15, -0.1) is 0 Å². The molecule has 1 aromatic rings. The first-order valence-corrected chi connectivity index (χ1v) is 12.7. The number of rotatable bonds is 8. The Kier molecular flexibility index (Phi) is 8.89. The Hall–Kier alpha value is 1.44. The van der Waals surface area contributed by atoms with Crippen molar-refractivity contribution in [3.05, 3.63) is 32.2 Å². The molecule has 0 saturated carbocycles. The first-order chi connectivity index (χ1) is 11.0. The van der Waals surface area contributed by atoms with Crippen molar-refractivity contribution in [2.75, 3.05) is 28.4 Å². The van der Waals surface area contributed by atoms with Crippen LogP contribution in [0.2, 0.25) is 0 Å². The predicted molar refractivity (Wildman–Crippen MR) is 108 cm³/mol. The van der Waals surface area contributed by atoms with Gasteiger partial charge in [0.2, 0.25) is 2.97 Å². The van der Waals surface area contributed by atoms with E-state index in [4.69, 9.17) is 18.1 Å². The Labute approximate surface area is 174 Å². The van der Waals surface area contributed by atoms with Gasteiger partial charge in [0.25, 0.3) is 0 Å². The van der Waals surface area contributed by atoms with Crippen LogP contribution in [0.3, 0.4) is 0 Å². The van der Waals surface area contributed by atoms with Crippen LogP contribution < -0.4 is 0 Å². The summed E-state index contributed by atoms with van der Waals surface area (Å²) in [6.45, 7) is 0. The highest BCUT2D eigenvalue weighted by Crippen LogP contribution is 2.72. The molecule has 0 aliphatic rings. The molecule has 12 heteroatoms. The van der Waals surface area contributed by atoms with Gasteiger partial charge in [-0.1, -0.05) is 44.0 Å². The van der Waals surface area contributed by atoms with E-state index in [0.717, 1.165) is 0 Å². The standard InChI is InChI=1S/C12H16Br4O6P2/c1-19-23(17,20-2)7-8-5-6-9(11(14)10(8)13)12(15,16)24(18,21-3)22-4/h5-6H,7H2,1-4H3. The molecule has 0 aliphatic carbocycles. The van der Waals surface area contributed by atoms with Crippen LogP contribution in [-0.4, -0.2) is 28.4 Å². The van der Waals surface area contributed by atoms with Crippen molar-refractivity contribution >= 4 is 78.9 Å². The van der Waals surface area contributed by atoms with Gasteiger partial charge in [0.05, 0.1) is 6.16 Å². The van der Waals surface area contributed by atoms with Crippen molar-refractivity contribution in [3.8, 4) is 0 Å². The van der Waals surface area contributed by atoms with Crippen molar-refractivity contribution in [2.45, 2.75) is 9.14 Å². The first-order valence-electron chi connectivity index (χ1n) is 6.29. The highest BCUT2D eigenvalue weighted by molar-refractivity contribution is 9.26. The summed E-state index contributed by atoms with van der Waals surface area (Å²) in [7, 11) is -1.51. The van der Waals surface area contributed by atoms with Crippen LogP contribution in [-0.2, 0) is 36.4 Å². The van der Waals surface area contributed by atoms with Gasteiger partial charge in [-0.05, 0) is 37.4 Å². The largest absolute Gasteiger partial charge is 0.361 e. The smallest absolute Gasteiger partial charge is 0.312 e. The van der Waals surface area contributed by atoms with Gasteiger partial charge in [0, 0.05) is 42.9 Å². The molecule has 1 aromatic carbocycles. The zero-order valence-corrected chi connectivity index (χ0v) is 21.4. The average Bonchev–Trinajstić information content (AvgIpc) is 2.57. The van der Waals surface area contributed by atoms with Crippen molar-refractivity contribution < 1.29 is 27.2 Å². The minimum absolute atomic E-state index is 0.0727. The Morgan fingerprint density at radius 1 is 0.917 bits per heavy atom. The van der Waals surface area contributed by atoms with Crippen LogP contribution in [0.5, 0.6) is 0 Å². The molecule has 0 heterocycles. The molecular weight excluding hydrogens is 622 g/mol. The van der Waals surface area contributed by atoms with E-state index in [-0.39, 0.29) is 6.16 Å². The number of benzene rings is 1. The van der Waals surface area contributed by atoms with Gasteiger partial charge in [-0.3, -0.25) is 9.13 Å². The molecule has 0 aromatic heterocycles. The third-order valence-electron chi connectivity index (χ3n) is 3.23. The highest BCUT2D eigenvalue weighted by atomic mass is 79.9. The van der Waals surface area contributed by atoms with Gasteiger partial charge in [0.15, 0.2) is 0 Å². The molecule has 0 bridgehead atoms. The van der Waals surface area contributed by atoms with Gasteiger partial charge >= 0.3 is 15.2 Å². The van der Waals surface area contributed by atoms with E-state index in [9.17, 15) is 9.13 Å². The van der Waals surface area contributed by atoms with E-state index in [0.29, 0.717) is 20.1 Å². The fourth-order valence-corrected chi connectivity index (χ4v) is 8.45. The fraction of sp³-hybridized carbons (Fsp3) is 0.500. The molecule has 6 nitrogen and oxygen atoms in total. The monoisotopic (exact) mass is 634 g/mol. The summed E-state index contributed by atoms with van der Waals surface area (Å²) >= 11 is 13.7. The molecule has 0 radical (unpaired) electrons. The summed E-state index contributed by atoms with van der Waals surface area (Å²) < 4.78 is 45.1. The van der Waals surface area contributed by atoms with Crippen molar-refractivity contribution in [2.24, 2.45) is 0 Å². The van der Waals surface area contributed by atoms with E-state index in [1.165, 1.54) is 28.4 Å². The lowest BCUT2D eigenvalue weighted by Crippen LogP contribution is -2.14. The molecular formula is C12H16Br4O6P2. The molecule has 138 valence electrons. The van der Waals surface area contributed by atoms with Gasteiger partial charge < -0.3 is 18.1 Å². The summed E-state index contributed by atoms with van der Waals surface area (Å²) in [5, 5.41) is 0. The van der Waals surface area contributed by atoms with E-state index in [1.54, 1.807) is 12.1 Å². The maximum atomic E-state index is 12.8. The van der Waals surface area contributed by atoms with Crippen LogP contribution >= 0.6 is 78.9 Å². The Morgan fingerprint density at radius 2 is 1.42 bits per heavy atom. The number of halogens is 4. The van der Waals surface area contributed by atoms with Crippen molar-refractivity contribution in [1.29, 1.82) is 0 Å². The molecule has 0 N–H and O–H groups in total. The molecule has 0 spiro atoms. The van der Waals surface area contributed by atoms with Crippen LogP contribution in [0.1, 0.15) is 11.1 Å². The molecule has 0 saturated heterocycles. The molecule has 0 fully saturated rings. The highest BCUT2D eigenvalue weighted by Gasteiger charge is 2.49. The molecule has 24 heavy (non-hydrogen) atoms. The second-order valence-corrected chi connectivity index (χ2v) is 15.4. The van der Waals surface area contributed by atoms with Gasteiger partial charge in [-0.25, -0.2) is 0 Å². The topological polar surface area (TPSA) is 71.1 Å². The summed E-state index contributed by atoms with van der Waals surface area (Å²) in [5.74, 6) is 0. The minimum atomic E-state index is -3.54. The second-order valence-electron chi connectivity index (χ2n) is 4.44. The summed E-state index contributed by atoms with van der Waals surface area (Å²) in [6, 6.07) is 3.43. The SMILES string of the molecule is COP(=O)(Cc1ccc(C(Br)(Br)P(=O)(OC)OC)c(Br)c1Br)OC. The maximum Gasteiger partial charge on any atom is 0.361 e. The lowest BCUT2D eigenvalue weighted by Gasteiger charge is -2.29. The summed E-state index contributed by atoms with van der Waals surface area (Å²) in [4.78, 5) is 0. The number of alkyl halides is 2. The first kappa shape index (κ1) is 23.5. The fourth-order valence-electron chi connectivity index (χ4n) is 1.81. The van der Waals surface area contributed by atoms with Gasteiger partial charge in [-0.2, -0.15) is 0 Å². The van der Waals surface area contributed by atoms with E-state index in [1.807, 2.05) is 0 Å². The second kappa shape index (κ2) is 9.09. The molecule has 0 unspecified atom stereocenters. The van der Waals surface area contributed by atoms with Crippen molar-refractivity contribution in [1.82, 2.24) is 0 Å². The van der Waals surface area contributed by atoms with Gasteiger partial charge in [0.1, 0.15) is 0 Å². The van der Waals surface area contributed by atoms with Crippen LogP contribution in [0.15, 0.2) is 21.1 Å². The quantitative estimate of drug-likeness (QED) is 0.237. The third-order valence-corrected chi connectivity index (χ3v) is 12.7. The Balaban J connectivity index is 3.41. The molecule has 0 amide bonds. The average molecular weight is 638 g/mol. The van der Waals surface area contributed by atoms with E-state index < -0.39 is 18.2 Å². The van der Waals surface area contributed by atoms with E-state index in [2.05, 4.69) is 63.7 Å². The zero-order chi connectivity index (χ0) is 18.8. The van der Waals surface area contributed by atoms with E-state index >= 15 is 0 Å². The normalized spacial score (nSPS) is 13.3. The third kappa shape index (κ3) is 4.64. The Morgan fingerprint density at radius 3 is 1.83 bits per heavy atom.